The lowest BCUT2D eigenvalue weighted by molar-refractivity contribution is -0.131. The maximum Gasteiger partial charge on any atom is 0.235 e. The molecule has 0 radical (unpaired) electrons. The van der Waals surface area contributed by atoms with E-state index in [2.05, 4.69) is 22.3 Å². The average Bonchev–Trinajstić information content (AvgIpc) is 3.39. The summed E-state index contributed by atoms with van der Waals surface area (Å²) in [5.41, 5.74) is 1.15. The Morgan fingerprint density at radius 3 is 2.61 bits per heavy atom. The van der Waals surface area contributed by atoms with Gasteiger partial charge in [-0.1, -0.05) is 42.1 Å². The number of carbonyl (C=O) groups is 1. The van der Waals surface area contributed by atoms with Crippen molar-refractivity contribution in [3.05, 3.63) is 54.3 Å². The third-order valence-corrected chi connectivity index (χ3v) is 6.01. The van der Waals surface area contributed by atoms with Gasteiger partial charge in [0.25, 0.3) is 0 Å². The molecule has 0 bridgehead atoms. The summed E-state index contributed by atoms with van der Waals surface area (Å²) in [4.78, 5) is 14.8. The molecule has 146 valence electrons. The van der Waals surface area contributed by atoms with Gasteiger partial charge in [-0.05, 0) is 43.9 Å². The molecule has 0 N–H and O–H groups in total. The highest BCUT2D eigenvalue weighted by molar-refractivity contribution is 8.00. The van der Waals surface area contributed by atoms with Crippen LogP contribution in [0.1, 0.15) is 31.7 Å². The molecule has 0 aliphatic carbocycles. The molecule has 6 nitrogen and oxygen atoms in total. The molecule has 7 heteroatoms. The van der Waals surface area contributed by atoms with E-state index in [0.29, 0.717) is 18.1 Å². The predicted molar refractivity (Wildman–Crippen MR) is 109 cm³/mol. The van der Waals surface area contributed by atoms with E-state index in [-0.39, 0.29) is 11.2 Å². The monoisotopic (exact) mass is 396 g/mol. The first-order valence-corrected chi connectivity index (χ1v) is 10.6. The Kier molecular flexibility index (Phi) is 5.81. The van der Waals surface area contributed by atoms with Crippen LogP contribution in [0.2, 0.25) is 0 Å². The zero-order valence-corrected chi connectivity index (χ0v) is 16.8. The van der Waals surface area contributed by atoms with Gasteiger partial charge in [-0.25, -0.2) is 0 Å². The van der Waals surface area contributed by atoms with Crippen LogP contribution in [-0.2, 0) is 11.3 Å². The first kappa shape index (κ1) is 18.8. The molecule has 1 amide bonds. The maximum atomic E-state index is 12.8. The Bertz CT molecular complexity index is 902. The Balaban J connectivity index is 1.58. The number of piperidine rings is 1. The van der Waals surface area contributed by atoms with Crippen molar-refractivity contribution in [2.45, 2.75) is 43.1 Å². The topological polar surface area (TPSA) is 64.2 Å². The van der Waals surface area contributed by atoms with Gasteiger partial charge in [-0.15, -0.1) is 10.2 Å². The van der Waals surface area contributed by atoms with E-state index >= 15 is 0 Å². The summed E-state index contributed by atoms with van der Waals surface area (Å²) in [7, 11) is 0. The van der Waals surface area contributed by atoms with Crippen LogP contribution >= 0.6 is 11.8 Å². The molecule has 28 heavy (non-hydrogen) atoms. The molecule has 0 spiro atoms. The van der Waals surface area contributed by atoms with Crippen molar-refractivity contribution in [1.29, 1.82) is 0 Å². The van der Waals surface area contributed by atoms with Crippen LogP contribution in [0.3, 0.4) is 0 Å². The summed E-state index contributed by atoms with van der Waals surface area (Å²) >= 11 is 1.47. The van der Waals surface area contributed by atoms with Crippen molar-refractivity contribution in [2.75, 3.05) is 13.1 Å². The van der Waals surface area contributed by atoms with Crippen LogP contribution in [0.4, 0.5) is 0 Å². The molecule has 2 aromatic heterocycles. The fourth-order valence-electron chi connectivity index (χ4n) is 3.45. The van der Waals surface area contributed by atoms with Crippen molar-refractivity contribution < 1.29 is 9.21 Å². The van der Waals surface area contributed by atoms with Gasteiger partial charge >= 0.3 is 0 Å². The number of aromatic nitrogens is 3. The molecule has 0 saturated carbocycles. The van der Waals surface area contributed by atoms with Crippen molar-refractivity contribution in [1.82, 2.24) is 19.7 Å². The average molecular weight is 397 g/mol. The molecule has 1 aliphatic rings. The SMILES string of the molecule is CC(Sc1nnc(-c2ccco2)n1Cc1ccccc1)C(=O)N1CCCCC1. The number of nitrogens with zero attached hydrogens (tertiary/aromatic N) is 4. The van der Waals surface area contributed by atoms with Gasteiger partial charge in [0.05, 0.1) is 18.1 Å². The highest BCUT2D eigenvalue weighted by Crippen LogP contribution is 2.29. The third kappa shape index (κ3) is 4.14. The first-order valence-electron chi connectivity index (χ1n) is 9.69. The Morgan fingerprint density at radius 2 is 1.89 bits per heavy atom. The number of thioether (sulfide) groups is 1. The molecule has 1 atom stereocenters. The van der Waals surface area contributed by atoms with Crippen LogP contribution in [0.25, 0.3) is 11.6 Å². The molecule has 1 fully saturated rings. The van der Waals surface area contributed by atoms with Gasteiger partial charge in [0.15, 0.2) is 10.9 Å². The van der Waals surface area contributed by atoms with E-state index in [1.165, 1.54) is 18.2 Å². The molecule has 1 aromatic carbocycles. The predicted octanol–water partition coefficient (Wildman–Crippen LogP) is 4.08. The van der Waals surface area contributed by atoms with Crippen molar-refractivity contribution in [3.8, 4) is 11.6 Å². The molecule has 1 saturated heterocycles. The maximum absolute atomic E-state index is 12.8. The highest BCUT2D eigenvalue weighted by atomic mass is 32.2. The largest absolute Gasteiger partial charge is 0.461 e. The summed E-state index contributed by atoms with van der Waals surface area (Å²) in [6, 6.07) is 13.9. The van der Waals surface area contributed by atoms with E-state index in [9.17, 15) is 4.79 Å². The molecule has 1 unspecified atom stereocenters. The second-order valence-electron chi connectivity index (χ2n) is 7.00. The Labute approximate surface area is 168 Å². The summed E-state index contributed by atoms with van der Waals surface area (Å²) in [6.45, 7) is 4.29. The van der Waals surface area contributed by atoms with E-state index in [1.54, 1.807) is 6.26 Å². The Morgan fingerprint density at radius 1 is 1.11 bits per heavy atom. The van der Waals surface area contributed by atoms with Crippen LogP contribution < -0.4 is 0 Å². The number of likely N-dealkylation sites (tertiary alicyclic amines) is 1. The van der Waals surface area contributed by atoms with Gasteiger partial charge in [0.1, 0.15) is 0 Å². The zero-order valence-electron chi connectivity index (χ0n) is 16.0. The quantitative estimate of drug-likeness (QED) is 0.588. The summed E-state index contributed by atoms with van der Waals surface area (Å²) in [5.74, 6) is 1.53. The number of benzene rings is 1. The van der Waals surface area contributed by atoms with Gasteiger partial charge in [0, 0.05) is 13.1 Å². The normalized spacial score (nSPS) is 15.5. The van der Waals surface area contributed by atoms with Gasteiger partial charge in [0.2, 0.25) is 11.7 Å². The minimum absolute atomic E-state index is 0.179. The fraction of sp³-hybridized carbons (Fsp3) is 0.381. The van der Waals surface area contributed by atoms with E-state index < -0.39 is 0 Å². The Hall–Kier alpha value is -2.54. The molecule has 4 rings (SSSR count). The molecule has 3 heterocycles. The van der Waals surface area contributed by atoms with Crippen molar-refractivity contribution in [2.24, 2.45) is 0 Å². The van der Waals surface area contributed by atoms with Gasteiger partial charge < -0.3 is 9.32 Å². The standard InChI is InChI=1S/C21H24N4O2S/c1-16(20(26)24-12-6-3-7-13-24)28-21-23-22-19(18-11-8-14-27-18)25(21)15-17-9-4-2-5-10-17/h2,4-5,8-11,14,16H,3,6-7,12-13,15H2,1H3. The van der Waals surface area contributed by atoms with Crippen molar-refractivity contribution >= 4 is 17.7 Å². The summed E-state index contributed by atoms with van der Waals surface area (Å²) < 4.78 is 7.58. The van der Waals surface area contributed by atoms with E-state index in [4.69, 9.17) is 4.42 Å². The smallest absolute Gasteiger partial charge is 0.235 e. The third-order valence-electron chi connectivity index (χ3n) is 4.94. The summed E-state index contributed by atoms with van der Waals surface area (Å²) in [5, 5.41) is 9.26. The highest BCUT2D eigenvalue weighted by Gasteiger charge is 2.26. The number of hydrogen-bond donors (Lipinski definition) is 0. The number of rotatable bonds is 6. The van der Waals surface area contributed by atoms with Crippen LogP contribution in [0, 0.1) is 0 Å². The first-order chi connectivity index (χ1) is 13.7. The van der Waals surface area contributed by atoms with Gasteiger partial charge in [-0.2, -0.15) is 0 Å². The van der Waals surface area contributed by atoms with Crippen LogP contribution in [-0.4, -0.2) is 43.9 Å². The lowest BCUT2D eigenvalue weighted by Crippen LogP contribution is -2.40. The van der Waals surface area contributed by atoms with Crippen LogP contribution in [0.5, 0.6) is 0 Å². The molecular weight excluding hydrogens is 372 g/mol. The lowest BCUT2D eigenvalue weighted by atomic mass is 10.1. The minimum Gasteiger partial charge on any atom is -0.461 e. The number of furan rings is 1. The van der Waals surface area contributed by atoms with Crippen molar-refractivity contribution in [3.63, 3.8) is 0 Å². The number of amides is 1. The minimum atomic E-state index is -0.207. The van der Waals surface area contributed by atoms with E-state index in [1.807, 2.05) is 46.7 Å². The molecule has 3 aromatic rings. The fourth-order valence-corrected chi connectivity index (χ4v) is 4.38. The molecular formula is C21H24N4O2S. The number of carbonyl (C=O) groups excluding carboxylic acids is 1. The van der Waals surface area contributed by atoms with Gasteiger partial charge in [-0.3, -0.25) is 9.36 Å². The van der Waals surface area contributed by atoms with Crippen LogP contribution in [0.15, 0.2) is 58.3 Å². The molecule has 1 aliphatic heterocycles. The van der Waals surface area contributed by atoms with E-state index in [0.717, 1.165) is 36.7 Å². The number of hydrogen-bond acceptors (Lipinski definition) is 5. The zero-order chi connectivity index (χ0) is 19.3. The summed E-state index contributed by atoms with van der Waals surface area (Å²) in [6.07, 6.45) is 5.03. The second kappa shape index (κ2) is 8.65. The second-order valence-corrected chi connectivity index (χ2v) is 8.31. The lowest BCUT2D eigenvalue weighted by Gasteiger charge is -2.28.